The van der Waals surface area contributed by atoms with Crippen molar-refractivity contribution in [2.24, 2.45) is 0 Å². The number of hydrogen-bond acceptors (Lipinski definition) is 3. The van der Waals surface area contributed by atoms with Crippen LogP contribution in [-0.2, 0) is 14.6 Å². The largest absolute Gasteiger partial charge is 0.322 e. The second-order valence-electron chi connectivity index (χ2n) is 6.89. The van der Waals surface area contributed by atoms with Crippen LogP contribution in [0, 0.1) is 0 Å². The van der Waals surface area contributed by atoms with Crippen molar-refractivity contribution in [3.63, 3.8) is 0 Å². The van der Waals surface area contributed by atoms with Gasteiger partial charge in [-0.1, -0.05) is 82.0 Å². The number of unbranched alkanes of at least 4 members (excludes halogenated alkanes) is 4. The summed E-state index contributed by atoms with van der Waals surface area (Å²) in [5.41, 5.74) is 0.704. The minimum atomic E-state index is -3.69. The van der Waals surface area contributed by atoms with Gasteiger partial charge >= 0.3 is 0 Å². The van der Waals surface area contributed by atoms with E-state index in [2.05, 4.69) is 18.8 Å². The van der Waals surface area contributed by atoms with Crippen LogP contribution < -0.4 is 5.32 Å². The minimum Gasteiger partial charge on any atom is -0.322 e. The molecule has 0 aromatic heterocycles. The summed E-state index contributed by atoms with van der Waals surface area (Å²) >= 11 is 0. The molecule has 0 saturated heterocycles. The van der Waals surface area contributed by atoms with E-state index in [4.69, 9.17) is 0 Å². The quantitative estimate of drug-likeness (QED) is 0.407. The molecule has 0 aliphatic rings. The van der Waals surface area contributed by atoms with Crippen molar-refractivity contribution >= 4 is 21.4 Å². The van der Waals surface area contributed by atoms with Gasteiger partial charge in [0.1, 0.15) is 0 Å². The molecule has 2 aromatic carbocycles. The maximum atomic E-state index is 13.2. The van der Waals surface area contributed by atoms with E-state index in [-0.39, 0.29) is 10.5 Å². The van der Waals surface area contributed by atoms with E-state index in [1.165, 1.54) is 0 Å². The van der Waals surface area contributed by atoms with Crippen LogP contribution >= 0.6 is 0 Å². The van der Waals surface area contributed by atoms with E-state index >= 15 is 0 Å². The third kappa shape index (κ3) is 6.06. The summed E-state index contributed by atoms with van der Waals surface area (Å²) < 4.78 is 26.4. The third-order valence-corrected chi connectivity index (χ3v) is 6.93. The van der Waals surface area contributed by atoms with Crippen molar-refractivity contribution in [1.82, 2.24) is 0 Å². The van der Waals surface area contributed by atoms with Gasteiger partial charge in [0.05, 0.1) is 10.1 Å². The lowest BCUT2D eigenvalue weighted by Gasteiger charge is -2.20. The molecule has 0 heterocycles. The molecule has 28 heavy (non-hydrogen) atoms. The first kappa shape index (κ1) is 21.9. The lowest BCUT2D eigenvalue weighted by Crippen LogP contribution is -2.30. The average Bonchev–Trinajstić information content (AvgIpc) is 2.71. The number of sulfone groups is 1. The van der Waals surface area contributed by atoms with Gasteiger partial charge in [0, 0.05) is 11.3 Å². The lowest BCUT2D eigenvalue weighted by atomic mass is 10.0. The molecule has 4 nitrogen and oxygen atoms in total. The van der Waals surface area contributed by atoms with E-state index in [9.17, 15) is 13.2 Å². The molecule has 0 fully saturated rings. The number of anilines is 1. The lowest BCUT2D eigenvalue weighted by molar-refractivity contribution is -0.112. The van der Waals surface area contributed by atoms with Crippen molar-refractivity contribution in [3.8, 4) is 0 Å². The zero-order valence-corrected chi connectivity index (χ0v) is 17.3. The topological polar surface area (TPSA) is 63.2 Å². The number of carbonyl (C=O) groups is 1. The van der Waals surface area contributed by atoms with Gasteiger partial charge in [-0.15, -0.1) is 0 Å². The second-order valence-corrected chi connectivity index (χ2v) is 9.03. The van der Waals surface area contributed by atoms with E-state index in [1.54, 1.807) is 42.5 Å². The monoisotopic (exact) mass is 399 g/mol. The van der Waals surface area contributed by atoms with Crippen molar-refractivity contribution in [1.29, 1.82) is 0 Å². The molecule has 1 N–H and O–H groups in total. The Morgan fingerprint density at radius 1 is 0.929 bits per heavy atom. The van der Waals surface area contributed by atoms with Gasteiger partial charge in [-0.05, 0) is 30.7 Å². The second kappa shape index (κ2) is 10.8. The van der Waals surface area contributed by atoms with Crippen molar-refractivity contribution < 1.29 is 13.2 Å². The maximum absolute atomic E-state index is 13.2. The summed E-state index contributed by atoms with van der Waals surface area (Å²) in [6.45, 7) is 6.00. The molecule has 1 amide bonds. The van der Waals surface area contributed by atoms with Crippen molar-refractivity contribution in [3.05, 3.63) is 72.8 Å². The van der Waals surface area contributed by atoms with Crippen LogP contribution in [0.3, 0.4) is 0 Å². The van der Waals surface area contributed by atoms with Gasteiger partial charge < -0.3 is 5.32 Å². The molecule has 0 aliphatic carbocycles. The standard InChI is InChI=1S/C23H29NO3S/c1-3-4-5-6-13-18-22(28(26,27)21-16-11-8-12-17-21)19(2)23(25)24-20-14-9-7-10-15-20/h7-12,14-17,22H,2-6,13,18H2,1H3,(H,24,25). The summed E-state index contributed by atoms with van der Waals surface area (Å²) in [6, 6.07) is 17.3. The van der Waals surface area contributed by atoms with Crippen LogP contribution in [0.5, 0.6) is 0 Å². The number of nitrogens with one attached hydrogen (secondary N) is 1. The van der Waals surface area contributed by atoms with E-state index < -0.39 is 21.0 Å². The number of para-hydroxylation sites is 1. The van der Waals surface area contributed by atoms with E-state index in [1.807, 2.05) is 18.2 Å². The predicted octanol–water partition coefficient (Wildman–Crippen LogP) is 5.38. The molecule has 5 heteroatoms. The van der Waals surface area contributed by atoms with Crippen LogP contribution in [-0.4, -0.2) is 19.6 Å². The first-order valence-electron chi connectivity index (χ1n) is 9.81. The van der Waals surface area contributed by atoms with Crippen LogP contribution in [0.2, 0.25) is 0 Å². The van der Waals surface area contributed by atoms with Crippen molar-refractivity contribution in [2.75, 3.05) is 5.32 Å². The Labute approximate surface area is 168 Å². The highest BCUT2D eigenvalue weighted by molar-refractivity contribution is 7.92. The summed E-state index contributed by atoms with van der Waals surface area (Å²) in [5.74, 6) is -0.454. The Bertz CT molecular complexity index is 861. The molecule has 0 radical (unpaired) electrons. The predicted molar refractivity (Wildman–Crippen MR) is 115 cm³/mol. The number of hydrogen-bond donors (Lipinski definition) is 1. The molecule has 0 saturated carbocycles. The Morgan fingerprint density at radius 3 is 2.11 bits per heavy atom. The highest BCUT2D eigenvalue weighted by Gasteiger charge is 2.32. The SMILES string of the molecule is C=C(C(=O)Nc1ccccc1)C(CCCCCCC)S(=O)(=O)c1ccccc1. The summed E-state index contributed by atoms with van der Waals surface area (Å²) in [5, 5.41) is 1.82. The van der Waals surface area contributed by atoms with Crippen LogP contribution in [0.1, 0.15) is 45.4 Å². The molecular weight excluding hydrogens is 370 g/mol. The summed E-state index contributed by atoms with van der Waals surface area (Å²) in [4.78, 5) is 12.9. The van der Waals surface area contributed by atoms with Gasteiger partial charge in [0.2, 0.25) is 0 Å². The van der Waals surface area contributed by atoms with Crippen LogP contribution in [0.25, 0.3) is 0 Å². The highest BCUT2D eigenvalue weighted by Crippen LogP contribution is 2.26. The van der Waals surface area contributed by atoms with Gasteiger partial charge in [-0.2, -0.15) is 0 Å². The number of carbonyl (C=O) groups excluding carboxylic acids is 1. The van der Waals surface area contributed by atoms with Crippen LogP contribution in [0.4, 0.5) is 5.69 Å². The van der Waals surface area contributed by atoms with Crippen LogP contribution in [0.15, 0.2) is 77.7 Å². The molecule has 0 bridgehead atoms. The molecule has 0 spiro atoms. The van der Waals surface area contributed by atoms with Gasteiger partial charge in [0.25, 0.3) is 5.91 Å². The zero-order chi connectivity index (χ0) is 20.4. The first-order valence-corrected chi connectivity index (χ1v) is 11.4. The average molecular weight is 400 g/mol. The fourth-order valence-corrected chi connectivity index (χ4v) is 4.93. The number of rotatable bonds is 11. The normalized spacial score (nSPS) is 12.3. The highest BCUT2D eigenvalue weighted by atomic mass is 32.2. The Hall–Kier alpha value is -2.40. The van der Waals surface area contributed by atoms with Crippen molar-refractivity contribution in [2.45, 2.75) is 55.6 Å². The fraction of sp³-hybridized carbons (Fsp3) is 0.348. The summed E-state index contributed by atoms with van der Waals surface area (Å²) in [6.07, 6.45) is 5.40. The molecule has 2 rings (SSSR count). The smallest absolute Gasteiger partial charge is 0.252 e. The Morgan fingerprint density at radius 2 is 1.50 bits per heavy atom. The molecule has 0 aliphatic heterocycles. The summed E-state index contributed by atoms with van der Waals surface area (Å²) in [7, 11) is -3.69. The Balaban J connectivity index is 2.19. The first-order chi connectivity index (χ1) is 13.5. The van der Waals surface area contributed by atoms with Gasteiger partial charge in [-0.3, -0.25) is 4.79 Å². The molecular formula is C23H29NO3S. The zero-order valence-electron chi connectivity index (χ0n) is 16.4. The number of benzene rings is 2. The van der Waals surface area contributed by atoms with E-state index in [0.29, 0.717) is 12.1 Å². The minimum absolute atomic E-state index is 0.0863. The van der Waals surface area contributed by atoms with E-state index in [0.717, 1.165) is 32.1 Å². The third-order valence-electron chi connectivity index (χ3n) is 4.73. The molecule has 1 unspecified atom stereocenters. The van der Waals surface area contributed by atoms with Gasteiger partial charge in [0.15, 0.2) is 9.84 Å². The fourth-order valence-electron chi connectivity index (χ4n) is 3.10. The Kier molecular flexibility index (Phi) is 8.45. The number of amides is 1. The molecule has 1 atom stereocenters. The molecule has 2 aromatic rings. The van der Waals surface area contributed by atoms with Gasteiger partial charge in [-0.25, -0.2) is 8.42 Å². The molecule has 150 valence electrons. The maximum Gasteiger partial charge on any atom is 0.252 e.